The van der Waals surface area contributed by atoms with E-state index in [9.17, 15) is 0 Å². The lowest BCUT2D eigenvalue weighted by Crippen LogP contribution is -1.81. The van der Waals surface area contributed by atoms with Crippen LogP contribution in [0.25, 0.3) is 0 Å². The molecule has 0 saturated heterocycles. The van der Waals surface area contributed by atoms with Crippen molar-refractivity contribution >= 4 is 11.3 Å². The summed E-state index contributed by atoms with van der Waals surface area (Å²) in [6.07, 6.45) is 0. The topological polar surface area (TPSA) is 20.2 Å². The van der Waals surface area contributed by atoms with Crippen LogP contribution < -0.4 is 0 Å². The van der Waals surface area contributed by atoms with Crippen LogP contribution in [-0.2, 0) is 6.61 Å². The molecular formula is C8H12OS. The van der Waals surface area contributed by atoms with Crippen LogP contribution in [0.4, 0.5) is 0 Å². The highest BCUT2D eigenvalue weighted by Gasteiger charge is 2.01. The third kappa shape index (κ3) is 1.58. The molecule has 10 heavy (non-hydrogen) atoms. The van der Waals surface area contributed by atoms with E-state index in [1.807, 2.05) is 0 Å². The van der Waals surface area contributed by atoms with E-state index in [1.54, 1.807) is 11.3 Å². The van der Waals surface area contributed by atoms with Crippen molar-refractivity contribution < 1.29 is 5.11 Å². The third-order valence-corrected chi connectivity index (χ3v) is 2.44. The van der Waals surface area contributed by atoms with E-state index in [2.05, 4.69) is 25.3 Å². The van der Waals surface area contributed by atoms with E-state index in [-0.39, 0.29) is 6.61 Å². The SMILES string of the molecule is CC(C)c1csc(CO)c1. The van der Waals surface area contributed by atoms with Gasteiger partial charge in [0.05, 0.1) is 6.61 Å². The maximum Gasteiger partial charge on any atom is 0.0774 e. The fourth-order valence-electron chi connectivity index (χ4n) is 0.783. The largest absolute Gasteiger partial charge is 0.391 e. The van der Waals surface area contributed by atoms with Gasteiger partial charge in [0.1, 0.15) is 0 Å². The molecule has 0 radical (unpaired) electrons. The van der Waals surface area contributed by atoms with Crippen LogP contribution >= 0.6 is 11.3 Å². The Morgan fingerprint density at radius 3 is 2.60 bits per heavy atom. The molecule has 1 aromatic heterocycles. The van der Waals surface area contributed by atoms with E-state index in [0.29, 0.717) is 5.92 Å². The van der Waals surface area contributed by atoms with Crippen molar-refractivity contribution in [3.63, 3.8) is 0 Å². The minimum absolute atomic E-state index is 0.178. The summed E-state index contributed by atoms with van der Waals surface area (Å²) in [7, 11) is 0. The molecule has 0 amide bonds. The van der Waals surface area contributed by atoms with E-state index >= 15 is 0 Å². The molecule has 1 aromatic rings. The van der Waals surface area contributed by atoms with Crippen LogP contribution in [0.2, 0.25) is 0 Å². The van der Waals surface area contributed by atoms with E-state index in [4.69, 9.17) is 5.11 Å². The first-order valence-electron chi connectivity index (χ1n) is 3.42. The fraction of sp³-hybridized carbons (Fsp3) is 0.500. The highest BCUT2D eigenvalue weighted by atomic mass is 32.1. The number of hydrogen-bond donors (Lipinski definition) is 1. The van der Waals surface area contributed by atoms with Gasteiger partial charge in [0.25, 0.3) is 0 Å². The fourth-order valence-corrected chi connectivity index (χ4v) is 1.69. The molecular weight excluding hydrogens is 144 g/mol. The Labute approximate surface area is 65.3 Å². The molecule has 0 fully saturated rings. The minimum atomic E-state index is 0.178. The Hall–Kier alpha value is -0.340. The molecule has 0 aliphatic carbocycles. The van der Waals surface area contributed by atoms with Crippen molar-refractivity contribution in [3.8, 4) is 0 Å². The van der Waals surface area contributed by atoms with Gasteiger partial charge in [-0.1, -0.05) is 13.8 Å². The van der Waals surface area contributed by atoms with Gasteiger partial charge in [-0.15, -0.1) is 11.3 Å². The average Bonchev–Trinajstić information content (AvgIpc) is 2.34. The number of thiophene rings is 1. The summed E-state index contributed by atoms with van der Waals surface area (Å²) >= 11 is 1.63. The summed E-state index contributed by atoms with van der Waals surface area (Å²) in [6.45, 7) is 4.49. The Morgan fingerprint density at radius 1 is 1.60 bits per heavy atom. The van der Waals surface area contributed by atoms with E-state index in [0.717, 1.165) is 4.88 Å². The first-order chi connectivity index (χ1) is 4.74. The second kappa shape index (κ2) is 3.17. The summed E-state index contributed by atoms with van der Waals surface area (Å²) in [4.78, 5) is 1.06. The van der Waals surface area contributed by atoms with Gasteiger partial charge in [-0.2, -0.15) is 0 Å². The first kappa shape index (κ1) is 7.76. The van der Waals surface area contributed by atoms with Crippen molar-refractivity contribution in [3.05, 3.63) is 21.9 Å². The quantitative estimate of drug-likeness (QED) is 0.697. The summed E-state index contributed by atoms with van der Waals surface area (Å²) < 4.78 is 0. The Morgan fingerprint density at radius 2 is 2.30 bits per heavy atom. The van der Waals surface area contributed by atoms with Crippen molar-refractivity contribution in [1.29, 1.82) is 0 Å². The summed E-state index contributed by atoms with van der Waals surface area (Å²) in [5.41, 5.74) is 1.33. The lowest BCUT2D eigenvalue weighted by atomic mass is 10.1. The zero-order valence-electron chi connectivity index (χ0n) is 6.29. The zero-order valence-corrected chi connectivity index (χ0v) is 7.11. The summed E-state index contributed by atoms with van der Waals surface area (Å²) in [6, 6.07) is 2.06. The molecule has 0 atom stereocenters. The first-order valence-corrected chi connectivity index (χ1v) is 4.30. The molecule has 0 saturated carbocycles. The third-order valence-electron chi connectivity index (χ3n) is 1.50. The van der Waals surface area contributed by atoms with Gasteiger partial charge in [0.2, 0.25) is 0 Å². The Bertz CT molecular complexity index is 203. The second-order valence-corrected chi connectivity index (χ2v) is 3.65. The zero-order chi connectivity index (χ0) is 7.56. The molecule has 0 aliphatic rings. The average molecular weight is 156 g/mol. The van der Waals surface area contributed by atoms with Gasteiger partial charge in [-0.3, -0.25) is 0 Å². The van der Waals surface area contributed by atoms with Crippen molar-refractivity contribution in [2.45, 2.75) is 26.4 Å². The predicted molar refractivity (Wildman–Crippen MR) is 44.3 cm³/mol. The van der Waals surface area contributed by atoms with Crippen molar-refractivity contribution in [1.82, 2.24) is 0 Å². The number of aliphatic hydroxyl groups is 1. The highest BCUT2D eigenvalue weighted by molar-refractivity contribution is 7.10. The van der Waals surface area contributed by atoms with Gasteiger partial charge >= 0.3 is 0 Å². The van der Waals surface area contributed by atoms with Crippen LogP contribution in [0, 0.1) is 0 Å². The molecule has 0 aromatic carbocycles. The molecule has 0 unspecified atom stereocenters. The molecule has 0 spiro atoms. The minimum Gasteiger partial charge on any atom is -0.391 e. The van der Waals surface area contributed by atoms with Gasteiger partial charge in [-0.25, -0.2) is 0 Å². The molecule has 1 heterocycles. The highest BCUT2D eigenvalue weighted by Crippen LogP contribution is 2.21. The van der Waals surface area contributed by atoms with Crippen LogP contribution in [0.3, 0.4) is 0 Å². The maximum absolute atomic E-state index is 8.74. The number of hydrogen-bond acceptors (Lipinski definition) is 2. The standard InChI is InChI=1S/C8H12OS/c1-6(2)7-3-8(4-9)10-5-7/h3,5-6,9H,4H2,1-2H3. The van der Waals surface area contributed by atoms with Gasteiger partial charge in [0.15, 0.2) is 0 Å². The van der Waals surface area contributed by atoms with Gasteiger partial charge < -0.3 is 5.11 Å². The van der Waals surface area contributed by atoms with Crippen LogP contribution in [0.5, 0.6) is 0 Å². The van der Waals surface area contributed by atoms with Crippen molar-refractivity contribution in [2.75, 3.05) is 0 Å². The number of rotatable bonds is 2. The Kier molecular flexibility index (Phi) is 2.46. The molecule has 1 rings (SSSR count). The molecule has 0 bridgehead atoms. The van der Waals surface area contributed by atoms with E-state index < -0.39 is 0 Å². The number of aliphatic hydroxyl groups excluding tert-OH is 1. The van der Waals surface area contributed by atoms with Crippen molar-refractivity contribution in [2.24, 2.45) is 0 Å². The molecule has 1 N–H and O–H groups in total. The van der Waals surface area contributed by atoms with Gasteiger partial charge in [0, 0.05) is 4.88 Å². The van der Waals surface area contributed by atoms with Crippen LogP contribution in [0.15, 0.2) is 11.4 Å². The normalized spacial score (nSPS) is 10.8. The lowest BCUT2D eigenvalue weighted by Gasteiger charge is -1.97. The van der Waals surface area contributed by atoms with Gasteiger partial charge in [-0.05, 0) is 22.9 Å². The lowest BCUT2D eigenvalue weighted by molar-refractivity contribution is 0.285. The maximum atomic E-state index is 8.74. The molecule has 0 aliphatic heterocycles. The van der Waals surface area contributed by atoms with Crippen LogP contribution in [-0.4, -0.2) is 5.11 Å². The summed E-state index contributed by atoms with van der Waals surface area (Å²) in [5.74, 6) is 0.580. The Balaban J connectivity index is 2.78. The summed E-state index contributed by atoms with van der Waals surface area (Å²) in [5, 5.41) is 10.9. The predicted octanol–water partition coefficient (Wildman–Crippen LogP) is 2.36. The molecule has 56 valence electrons. The smallest absolute Gasteiger partial charge is 0.0774 e. The monoisotopic (exact) mass is 156 g/mol. The second-order valence-electron chi connectivity index (χ2n) is 2.66. The van der Waals surface area contributed by atoms with Crippen LogP contribution in [0.1, 0.15) is 30.2 Å². The molecule has 1 nitrogen and oxygen atoms in total. The van der Waals surface area contributed by atoms with E-state index in [1.165, 1.54) is 5.56 Å². The molecule has 2 heteroatoms.